The van der Waals surface area contributed by atoms with E-state index in [-0.39, 0.29) is 0 Å². The van der Waals surface area contributed by atoms with E-state index in [1.54, 1.807) is 0 Å². The van der Waals surface area contributed by atoms with Crippen molar-refractivity contribution in [2.45, 2.75) is 0 Å². The highest BCUT2D eigenvalue weighted by atomic mass is 32.1. The lowest BCUT2D eigenvalue weighted by atomic mass is 9.97. The maximum atomic E-state index is 6.20. The molecule has 0 amide bonds. The van der Waals surface area contributed by atoms with Gasteiger partial charge in [-0.15, -0.1) is 11.3 Å². The number of furan rings is 1. The summed E-state index contributed by atoms with van der Waals surface area (Å²) in [6.45, 7) is 0. The second-order valence-corrected chi connectivity index (χ2v) is 13.5. The van der Waals surface area contributed by atoms with Crippen LogP contribution in [0.1, 0.15) is 0 Å². The zero-order valence-electron chi connectivity index (χ0n) is 26.7. The van der Waals surface area contributed by atoms with Crippen LogP contribution in [-0.2, 0) is 0 Å². The Balaban J connectivity index is 1.02. The molecule has 3 aromatic heterocycles. The molecule has 0 fully saturated rings. The van der Waals surface area contributed by atoms with Crippen LogP contribution in [0.25, 0.3) is 98.5 Å². The van der Waals surface area contributed by atoms with Gasteiger partial charge in [-0.3, -0.25) is 0 Å². The molecule has 234 valence electrons. The SMILES string of the molecule is c1ccc(-c2nc(-c3ccc(-c4cccc(-c5ccc6sc7ccccc7c6c5)c4)cc3)nc(-c3ccc4c(c3)oc3ccccc34)n2)cc1. The highest BCUT2D eigenvalue weighted by Gasteiger charge is 2.15. The average Bonchev–Trinajstić information content (AvgIpc) is 3.76. The summed E-state index contributed by atoms with van der Waals surface area (Å²) in [7, 11) is 0. The largest absolute Gasteiger partial charge is 0.456 e. The first-order valence-corrected chi connectivity index (χ1v) is 17.4. The van der Waals surface area contributed by atoms with E-state index in [4.69, 9.17) is 19.4 Å². The molecule has 50 heavy (non-hydrogen) atoms. The second kappa shape index (κ2) is 11.6. The van der Waals surface area contributed by atoms with E-state index in [2.05, 4.69) is 109 Å². The van der Waals surface area contributed by atoms with E-state index in [1.165, 1.54) is 31.3 Å². The van der Waals surface area contributed by atoms with Crippen LogP contribution in [0.15, 0.2) is 168 Å². The Morgan fingerprint density at radius 1 is 0.320 bits per heavy atom. The van der Waals surface area contributed by atoms with Gasteiger partial charge in [0, 0.05) is 47.6 Å². The summed E-state index contributed by atoms with van der Waals surface area (Å²) in [4.78, 5) is 14.9. The molecule has 5 heteroatoms. The summed E-state index contributed by atoms with van der Waals surface area (Å²) in [5, 5.41) is 4.79. The Morgan fingerprint density at radius 3 is 1.68 bits per heavy atom. The number of fused-ring (bicyclic) bond motifs is 6. The lowest BCUT2D eigenvalue weighted by Crippen LogP contribution is -2.00. The quantitative estimate of drug-likeness (QED) is 0.185. The Hall–Kier alpha value is -6.43. The van der Waals surface area contributed by atoms with Crippen LogP contribution < -0.4 is 0 Å². The van der Waals surface area contributed by atoms with E-state index in [0.717, 1.165) is 49.8 Å². The molecule has 0 unspecified atom stereocenters. The van der Waals surface area contributed by atoms with E-state index >= 15 is 0 Å². The van der Waals surface area contributed by atoms with Crippen molar-refractivity contribution < 1.29 is 4.42 Å². The Kier molecular flexibility index (Phi) is 6.64. The lowest BCUT2D eigenvalue weighted by molar-refractivity contribution is 0.669. The first-order chi connectivity index (χ1) is 24.7. The van der Waals surface area contributed by atoms with Gasteiger partial charge in [0.05, 0.1) is 0 Å². The number of para-hydroxylation sites is 1. The Labute approximate surface area is 292 Å². The number of hydrogen-bond donors (Lipinski definition) is 0. The Bertz CT molecular complexity index is 2870. The van der Waals surface area contributed by atoms with Crippen LogP contribution >= 0.6 is 11.3 Å². The van der Waals surface area contributed by atoms with Crippen LogP contribution in [0.2, 0.25) is 0 Å². The van der Waals surface area contributed by atoms with Crippen molar-refractivity contribution >= 4 is 53.4 Å². The van der Waals surface area contributed by atoms with Gasteiger partial charge in [0.25, 0.3) is 0 Å². The minimum Gasteiger partial charge on any atom is -0.456 e. The first kappa shape index (κ1) is 28.6. The second-order valence-electron chi connectivity index (χ2n) is 12.4. The average molecular weight is 658 g/mol. The number of thiophene rings is 1. The standard InChI is InChI=1S/C45H27N3OS/c1-2-9-29(10-3-1)43-46-44(48-45(47-43)34-21-23-36-35-13-4-6-15-39(35)49-40(36)27-34)30-19-17-28(18-20-30)31-11-8-12-32(25-31)33-22-24-42-38(26-33)37-14-5-7-16-41(37)50-42/h1-27H. The van der Waals surface area contributed by atoms with Gasteiger partial charge in [0.2, 0.25) is 0 Å². The molecular weight excluding hydrogens is 631 g/mol. The van der Waals surface area contributed by atoms with Crippen molar-refractivity contribution in [2.75, 3.05) is 0 Å². The zero-order chi connectivity index (χ0) is 33.0. The van der Waals surface area contributed by atoms with Crippen molar-refractivity contribution in [3.63, 3.8) is 0 Å². The molecule has 0 radical (unpaired) electrons. The fraction of sp³-hybridized carbons (Fsp3) is 0. The molecule has 0 atom stereocenters. The molecule has 0 saturated heterocycles. The summed E-state index contributed by atoms with van der Waals surface area (Å²) >= 11 is 1.85. The maximum Gasteiger partial charge on any atom is 0.164 e. The Morgan fingerprint density at radius 2 is 0.860 bits per heavy atom. The van der Waals surface area contributed by atoms with E-state index in [9.17, 15) is 0 Å². The fourth-order valence-electron chi connectivity index (χ4n) is 6.81. The molecule has 0 aliphatic heterocycles. The van der Waals surface area contributed by atoms with Gasteiger partial charge in [0.1, 0.15) is 11.2 Å². The van der Waals surface area contributed by atoms with E-state index in [1.807, 2.05) is 65.9 Å². The molecule has 0 bridgehead atoms. The highest BCUT2D eigenvalue weighted by Crippen LogP contribution is 2.37. The molecular formula is C45H27N3OS. The van der Waals surface area contributed by atoms with Crippen molar-refractivity contribution in [1.29, 1.82) is 0 Å². The summed E-state index contributed by atoms with van der Waals surface area (Å²) in [6, 6.07) is 57.0. The van der Waals surface area contributed by atoms with Crippen molar-refractivity contribution in [3.05, 3.63) is 164 Å². The molecule has 10 rings (SSSR count). The van der Waals surface area contributed by atoms with Crippen LogP contribution in [0.5, 0.6) is 0 Å². The van der Waals surface area contributed by atoms with Gasteiger partial charge in [-0.1, -0.05) is 121 Å². The summed E-state index contributed by atoms with van der Waals surface area (Å²) in [5.74, 6) is 1.85. The number of aromatic nitrogens is 3. The monoisotopic (exact) mass is 657 g/mol. The number of rotatable bonds is 5. The van der Waals surface area contributed by atoms with Crippen molar-refractivity contribution in [1.82, 2.24) is 15.0 Å². The molecule has 3 heterocycles. The van der Waals surface area contributed by atoms with Crippen LogP contribution in [0.4, 0.5) is 0 Å². The highest BCUT2D eigenvalue weighted by molar-refractivity contribution is 7.25. The van der Waals surface area contributed by atoms with E-state index in [0.29, 0.717) is 17.5 Å². The summed E-state index contributed by atoms with van der Waals surface area (Å²) in [5.41, 5.74) is 9.10. The molecule has 0 aliphatic carbocycles. The third-order valence-electron chi connectivity index (χ3n) is 9.35. The minimum atomic E-state index is 0.600. The van der Waals surface area contributed by atoms with Gasteiger partial charge in [-0.25, -0.2) is 15.0 Å². The molecule has 4 nitrogen and oxygen atoms in total. The van der Waals surface area contributed by atoms with Crippen LogP contribution in [0, 0.1) is 0 Å². The molecule has 0 N–H and O–H groups in total. The van der Waals surface area contributed by atoms with Crippen LogP contribution in [0.3, 0.4) is 0 Å². The van der Waals surface area contributed by atoms with Gasteiger partial charge < -0.3 is 4.42 Å². The predicted octanol–water partition coefficient (Wildman–Crippen LogP) is 12.5. The fourth-order valence-corrected chi connectivity index (χ4v) is 7.90. The van der Waals surface area contributed by atoms with Gasteiger partial charge >= 0.3 is 0 Å². The van der Waals surface area contributed by atoms with E-state index < -0.39 is 0 Å². The topological polar surface area (TPSA) is 51.8 Å². The maximum absolute atomic E-state index is 6.20. The lowest BCUT2D eigenvalue weighted by Gasteiger charge is -2.10. The smallest absolute Gasteiger partial charge is 0.164 e. The van der Waals surface area contributed by atoms with Gasteiger partial charge in [-0.2, -0.15) is 0 Å². The molecule has 0 spiro atoms. The van der Waals surface area contributed by atoms with Crippen molar-refractivity contribution in [2.24, 2.45) is 0 Å². The number of benzene rings is 7. The molecule has 7 aromatic carbocycles. The minimum absolute atomic E-state index is 0.600. The number of nitrogens with zero attached hydrogens (tertiary/aromatic N) is 3. The molecule has 10 aromatic rings. The van der Waals surface area contributed by atoms with Crippen LogP contribution in [-0.4, -0.2) is 15.0 Å². The molecule has 0 aliphatic rings. The zero-order valence-corrected chi connectivity index (χ0v) is 27.6. The van der Waals surface area contributed by atoms with Crippen molar-refractivity contribution in [3.8, 4) is 56.4 Å². The van der Waals surface area contributed by atoms with Gasteiger partial charge in [-0.05, 0) is 64.7 Å². The van der Waals surface area contributed by atoms with Gasteiger partial charge in [0.15, 0.2) is 17.5 Å². The summed E-state index contributed by atoms with van der Waals surface area (Å²) < 4.78 is 8.83. The normalized spacial score (nSPS) is 11.6. The molecule has 0 saturated carbocycles. The third kappa shape index (κ3) is 4.95. The summed E-state index contributed by atoms with van der Waals surface area (Å²) in [6.07, 6.45) is 0. The third-order valence-corrected chi connectivity index (χ3v) is 10.5. The number of hydrogen-bond acceptors (Lipinski definition) is 5. The first-order valence-electron chi connectivity index (χ1n) is 16.6. The predicted molar refractivity (Wildman–Crippen MR) is 207 cm³/mol.